The SMILES string of the molecule is Clc1cccc(C2CCCO2)c1. The van der Waals surface area contributed by atoms with E-state index in [4.69, 9.17) is 16.3 Å². The van der Waals surface area contributed by atoms with E-state index >= 15 is 0 Å². The fourth-order valence-electron chi connectivity index (χ4n) is 1.55. The van der Waals surface area contributed by atoms with Gasteiger partial charge in [-0.3, -0.25) is 0 Å². The molecule has 64 valence electrons. The molecule has 2 rings (SSSR count). The van der Waals surface area contributed by atoms with Gasteiger partial charge in [0, 0.05) is 11.6 Å². The first-order valence-corrected chi connectivity index (χ1v) is 4.61. The van der Waals surface area contributed by atoms with E-state index in [0.717, 1.165) is 24.5 Å². The average molecular weight is 183 g/mol. The highest BCUT2D eigenvalue weighted by atomic mass is 35.5. The van der Waals surface area contributed by atoms with Crippen LogP contribution in [0, 0.1) is 0 Å². The van der Waals surface area contributed by atoms with Crippen molar-refractivity contribution in [1.82, 2.24) is 0 Å². The molecule has 0 saturated carbocycles. The van der Waals surface area contributed by atoms with Crippen LogP contribution in [-0.4, -0.2) is 6.61 Å². The molecule has 1 unspecified atom stereocenters. The topological polar surface area (TPSA) is 9.23 Å². The van der Waals surface area contributed by atoms with Crippen LogP contribution in [0.5, 0.6) is 0 Å². The number of hydrogen-bond acceptors (Lipinski definition) is 1. The number of rotatable bonds is 1. The van der Waals surface area contributed by atoms with Crippen LogP contribution in [0.3, 0.4) is 0 Å². The molecule has 1 nitrogen and oxygen atoms in total. The molecule has 0 aliphatic carbocycles. The fourth-order valence-corrected chi connectivity index (χ4v) is 1.75. The lowest BCUT2D eigenvalue weighted by molar-refractivity contribution is 0.112. The molecule has 1 aliphatic heterocycles. The predicted molar refractivity (Wildman–Crippen MR) is 49.4 cm³/mol. The summed E-state index contributed by atoms with van der Waals surface area (Å²) in [5.41, 5.74) is 1.21. The maximum atomic E-state index is 5.87. The van der Waals surface area contributed by atoms with E-state index in [2.05, 4.69) is 6.07 Å². The highest BCUT2D eigenvalue weighted by molar-refractivity contribution is 6.30. The van der Waals surface area contributed by atoms with Crippen molar-refractivity contribution in [2.75, 3.05) is 6.61 Å². The van der Waals surface area contributed by atoms with Crippen molar-refractivity contribution >= 4 is 11.6 Å². The van der Waals surface area contributed by atoms with E-state index in [9.17, 15) is 0 Å². The number of halogens is 1. The lowest BCUT2D eigenvalue weighted by atomic mass is 10.1. The molecule has 1 aromatic carbocycles. The zero-order valence-electron chi connectivity index (χ0n) is 6.79. The zero-order chi connectivity index (χ0) is 8.39. The zero-order valence-corrected chi connectivity index (χ0v) is 7.55. The van der Waals surface area contributed by atoms with Crippen molar-refractivity contribution in [2.45, 2.75) is 18.9 Å². The van der Waals surface area contributed by atoms with Crippen LogP contribution in [0.4, 0.5) is 0 Å². The number of benzene rings is 1. The van der Waals surface area contributed by atoms with Crippen LogP contribution in [-0.2, 0) is 4.74 Å². The van der Waals surface area contributed by atoms with Gasteiger partial charge >= 0.3 is 0 Å². The van der Waals surface area contributed by atoms with E-state index in [1.165, 1.54) is 5.56 Å². The Morgan fingerprint density at radius 2 is 2.33 bits per heavy atom. The molecule has 1 aliphatic rings. The van der Waals surface area contributed by atoms with Crippen LogP contribution in [0.2, 0.25) is 5.02 Å². The third kappa shape index (κ3) is 1.62. The second-order valence-corrected chi connectivity index (χ2v) is 3.49. The van der Waals surface area contributed by atoms with Gasteiger partial charge in [0.05, 0.1) is 6.10 Å². The summed E-state index contributed by atoms with van der Waals surface area (Å²) in [5, 5.41) is 0.794. The third-order valence-electron chi connectivity index (χ3n) is 2.15. The Morgan fingerprint density at radius 3 is 3.00 bits per heavy atom. The Morgan fingerprint density at radius 1 is 1.42 bits per heavy atom. The largest absolute Gasteiger partial charge is 0.374 e. The normalized spacial score (nSPS) is 22.9. The van der Waals surface area contributed by atoms with Gasteiger partial charge in [-0.2, -0.15) is 0 Å². The predicted octanol–water partition coefficient (Wildman–Crippen LogP) is 3.19. The van der Waals surface area contributed by atoms with Crippen LogP contribution in [0.15, 0.2) is 24.3 Å². The third-order valence-corrected chi connectivity index (χ3v) is 2.39. The molecule has 0 N–H and O–H groups in total. The van der Waals surface area contributed by atoms with Crippen molar-refractivity contribution in [3.8, 4) is 0 Å². The molecule has 0 aromatic heterocycles. The molecular formula is C10H11ClO. The standard InChI is InChI=1S/C10H11ClO/c11-9-4-1-3-8(7-9)10-5-2-6-12-10/h1,3-4,7,10H,2,5-6H2. The lowest BCUT2D eigenvalue weighted by Gasteiger charge is -2.08. The average Bonchev–Trinajstić information content (AvgIpc) is 2.56. The van der Waals surface area contributed by atoms with Gasteiger partial charge in [-0.15, -0.1) is 0 Å². The summed E-state index contributed by atoms with van der Waals surface area (Å²) < 4.78 is 5.54. The molecule has 1 heterocycles. The maximum Gasteiger partial charge on any atom is 0.0826 e. The van der Waals surface area contributed by atoms with Crippen molar-refractivity contribution in [2.24, 2.45) is 0 Å². The minimum atomic E-state index is 0.281. The minimum Gasteiger partial charge on any atom is -0.374 e. The molecule has 0 radical (unpaired) electrons. The molecule has 1 atom stereocenters. The monoisotopic (exact) mass is 182 g/mol. The van der Waals surface area contributed by atoms with E-state index < -0.39 is 0 Å². The second kappa shape index (κ2) is 3.46. The van der Waals surface area contributed by atoms with Gasteiger partial charge < -0.3 is 4.74 Å². The van der Waals surface area contributed by atoms with Crippen molar-refractivity contribution < 1.29 is 4.74 Å². The summed E-state index contributed by atoms with van der Waals surface area (Å²) in [6.45, 7) is 0.886. The van der Waals surface area contributed by atoms with Crippen LogP contribution < -0.4 is 0 Å². The summed E-state index contributed by atoms with van der Waals surface area (Å²) in [5.74, 6) is 0. The molecule has 0 amide bonds. The molecule has 1 aromatic rings. The lowest BCUT2D eigenvalue weighted by Crippen LogP contribution is -1.94. The molecular weight excluding hydrogens is 172 g/mol. The number of ether oxygens (including phenoxy) is 1. The van der Waals surface area contributed by atoms with E-state index in [-0.39, 0.29) is 6.10 Å². The minimum absolute atomic E-state index is 0.281. The molecule has 12 heavy (non-hydrogen) atoms. The van der Waals surface area contributed by atoms with Gasteiger partial charge in [0.25, 0.3) is 0 Å². The molecule has 0 spiro atoms. The Balaban J connectivity index is 2.21. The van der Waals surface area contributed by atoms with Crippen LogP contribution in [0.25, 0.3) is 0 Å². The van der Waals surface area contributed by atoms with Crippen molar-refractivity contribution in [3.63, 3.8) is 0 Å². The molecule has 1 saturated heterocycles. The highest BCUT2D eigenvalue weighted by Gasteiger charge is 2.17. The summed E-state index contributed by atoms with van der Waals surface area (Å²) in [7, 11) is 0. The van der Waals surface area contributed by atoms with Crippen LogP contribution in [0.1, 0.15) is 24.5 Å². The first kappa shape index (κ1) is 8.09. The summed E-state index contributed by atoms with van der Waals surface area (Å²) >= 11 is 5.87. The van der Waals surface area contributed by atoms with E-state index in [1.54, 1.807) is 0 Å². The first-order valence-electron chi connectivity index (χ1n) is 4.23. The quantitative estimate of drug-likeness (QED) is 0.648. The maximum absolute atomic E-state index is 5.87. The van der Waals surface area contributed by atoms with Crippen molar-refractivity contribution in [3.05, 3.63) is 34.9 Å². The highest BCUT2D eigenvalue weighted by Crippen LogP contribution is 2.29. The van der Waals surface area contributed by atoms with Gasteiger partial charge in [-0.05, 0) is 30.5 Å². The van der Waals surface area contributed by atoms with Crippen molar-refractivity contribution in [1.29, 1.82) is 0 Å². The van der Waals surface area contributed by atoms with Gasteiger partial charge in [0.1, 0.15) is 0 Å². The van der Waals surface area contributed by atoms with Crippen LogP contribution >= 0.6 is 11.6 Å². The summed E-state index contributed by atoms with van der Waals surface area (Å²) in [6.07, 6.45) is 2.57. The Kier molecular flexibility index (Phi) is 2.33. The Labute approximate surface area is 77.3 Å². The molecule has 1 fully saturated rings. The van der Waals surface area contributed by atoms with E-state index in [1.807, 2.05) is 18.2 Å². The second-order valence-electron chi connectivity index (χ2n) is 3.06. The van der Waals surface area contributed by atoms with Gasteiger partial charge in [0.2, 0.25) is 0 Å². The smallest absolute Gasteiger partial charge is 0.0826 e. The van der Waals surface area contributed by atoms with Gasteiger partial charge in [0.15, 0.2) is 0 Å². The summed E-state index contributed by atoms with van der Waals surface area (Å²) in [6, 6.07) is 7.92. The Hall–Kier alpha value is -0.530. The fraction of sp³-hybridized carbons (Fsp3) is 0.400. The number of hydrogen-bond donors (Lipinski definition) is 0. The van der Waals surface area contributed by atoms with Gasteiger partial charge in [-0.1, -0.05) is 23.7 Å². The van der Waals surface area contributed by atoms with E-state index in [0.29, 0.717) is 0 Å². The first-order chi connectivity index (χ1) is 5.86. The van der Waals surface area contributed by atoms with Gasteiger partial charge in [-0.25, -0.2) is 0 Å². The Bertz CT molecular complexity index is 266. The molecule has 2 heteroatoms. The molecule has 0 bridgehead atoms. The summed E-state index contributed by atoms with van der Waals surface area (Å²) in [4.78, 5) is 0.